The molecule has 0 amide bonds. The maximum Gasteiger partial charge on any atom is 1.00 e. The van der Waals surface area contributed by atoms with E-state index in [1.807, 2.05) is 24.3 Å². The number of benzene rings is 1. The van der Waals surface area contributed by atoms with Crippen molar-refractivity contribution in [3.63, 3.8) is 0 Å². The van der Waals surface area contributed by atoms with Gasteiger partial charge in [-0.05, 0) is 30.7 Å². The third-order valence-electron chi connectivity index (χ3n) is 2.81. The van der Waals surface area contributed by atoms with Gasteiger partial charge >= 0.3 is 18.9 Å². The molecular weight excluding hydrogens is 233 g/mol. The summed E-state index contributed by atoms with van der Waals surface area (Å²) in [7, 11) is 1.75. The van der Waals surface area contributed by atoms with Crippen LogP contribution in [-0.2, 0) is 9.07 Å². The SMILES string of the molecule is CO[C@H]1CCN(c2ccc(SO[O-])cc2)C1.[Li+]. The Morgan fingerprint density at radius 3 is 2.59 bits per heavy atom. The van der Waals surface area contributed by atoms with Crippen molar-refractivity contribution >= 4 is 17.7 Å². The second-order valence-corrected chi connectivity index (χ2v) is 4.51. The number of anilines is 1. The molecule has 0 saturated carbocycles. The molecule has 0 radical (unpaired) electrons. The van der Waals surface area contributed by atoms with Crippen molar-refractivity contribution in [2.45, 2.75) is 17.4 Å². The van der Waals surface area contributed by atoms with Gasteiger partial charge in [0.1, 0.15) is 0 Å². The van der Waals surface area contributed by atoms with Crippen molar-refractivity contribution in [3.05, 3.63) is 24.3 Å². The Balaban J connectivity index is 0.00000144. The molecule has 0 aliphatic carbocycles. The molecule has 0 spiro atoms. The smallest absolute Gasteiger partial charge is 0.710 e. The van der Waals surface area contributed by atoms with Crippen LogP contribution in [0.5, 0.6) is 0 Å². The van der Waals surface area contributed by atoms with Crippen LogP contribution in [0.3, 0.4) is 0 Å². The van der Waals surface area contributed by atoms with E-state index in [0.29, 0.717) is 6.10 Å². The van der Waals surface area contributed by atoms with Crippen molar-refractivity contribution in [1.82, 2.24) is 0 Å². The molecule has 1 saturated heterocycles. The minimum Gasteiger partial charge on any atom is -0.710 e. The van der Waals surface area contributed by atoms with E-state index < -0.39 is 0 Å². The summed E-state index contributed by atoms with van der Waals surface area (Å²) < 4.78 is 9.08. The predicted molar refractivity (Wildman–Crippen MR) is 61.0 cm³/mol. The maximum absolute atomic E-state index is 9.96. The van der Waals surface area contributed by atoms with Gasteiger partial charge in [0.25, 0.3) is 0 Å². The van der Waals surface area contributed by atoms with Crippen LogP contribution in [0.2, 0.25) is 0 Å². The fourth-order valence-electron chi connectivity index (χ4n) is 1.91. The third kappa shape index (κ3) is 3.92. The van der Waals surface area contributed by atoms with E-state index in [9.17, 15) is 5.26 Å². The zero-order chi connectivity index (χ0) is 11.4. The van der Waals surface area contributed by atoms with Crippen LogP contribution in [-0.4, -0.2) is 26.3 Å². The minimum atomic E-state index is 0. The van der Waals surface area contributed by atoms with Crippen LogP contribution in [0, 0.1) is 0 Å². The second kappa shape index (κ2) is 7.32. The summed E-state index contributed by atoms with van der Waals surface area (Å²) in [5.41, 5.74) is 1.16. The summed E-state index contributed by atoms with van der Waals surface area (Å²) in [5.74, 6) is 0. The Morgan fingerprint density at radius 1 is 1.35 bits per heavy atom. The van der Waals surface area contributed by atoms with Gasteiger partial charge in [-0.25, -0.2) is 0 Å². The van der Waals surface area contributed by atoms with E-state index in [-0.39, 0.29) is 18.9 Å². The third-order valence-corrected chi connectivity index (χ3v) is 3.34. The first-order valence-electron chi connectivity index (χ1n) is 5.18. The van der Waals surface area contributed by atoms with Crippen molar-refractivity contribution in [3.8, 4) is 0 Å². The molecule has 17 heavy (non-hydrogen) atoms. The Kier molecular flexibility index (Phi) is 6.42. The Hall–Kier alpha value is -0.153. The summed E-state index contributed by atoms with van der Waals surface area (Å²) in [6.07, 6.45) is 1.40. The van der Waals surface area contributed by atoms with Gasteiger partial charge in [-0.2, -0.15) is 0 Å². The fraction of sp³-hybridized carbons (Fsp3) is 0.455. The molecule has 2 rings (SSSR count). The van der Waals surface area contributed by atoms with E-state index in [1.165, 1.54) is 0 Å². The number of methoxy groups -OCH3 is 1. The van der Waals surface area contributed by atoms with E-state index in [4.69, 9.17) is 4.74 Å². The molecule has 1 aromatic carbocycles. The van der Waals surface area contributed by atoms with Crippen molar-refractivity contribution in [2.24, 2.45) is 0 Å². The first kappa shape index (κ1) is 14.9. The molecule has 1 aliphatic heterocycles. The van der Waals surface area contributed by atoms with Gasteiger partial charge < -0.3 is 19.2 Å². The number of hydrogen-bond acceptors (Lipinski definition) is 5. The number of hydrogen-bond donors (Lipinski definition) is 0. The average molecular weight is 247 g/mol. The molecule has 0 bridgehead atoms. The van der Waals surface area contributed by atoms with Crippen molar-refractivity contribution < 1.29 is 33.2 Å². The van der Waals surface area contributed by atoms with Crippen LogP contribution in [0.1, 0.15) is 6.42 Å². The zero-order valence-corrected chi connectivity index (χ0v) is 10.9. The van der Waals surface area contributed by atoms with Gasteiger partial charge in [-0.15, -0.1) is 0 Å². The molecule has 0 N–H and O–H groups in total. The fourth-order valence-corrected chi connectivity index (χ4v) is 2.23. The van der Waals surface area contributed by atoms with Gasteiger partial charge in [0.15, 0.2) is 0 Å². The van der Waals surface area contributed by atoms with E-state index >= 15 is 0 Å². The second-order valence-electron chi connectivity index (χ2n) is 3.74. The molecule has 6 heteroatoms. The number of ether oxygens (including phenoxy) is 1. The Morgan fingerprint density at radius 2 is 2.06 bits per heavy atom. The largest absolute Gasteiger partial charge is 1.00 e. The molecule has 4 nitrogen and oxygen atoms in total. The molecular formula is C11H14LiNO3S. The molecule has 1 aliphatic rings. The van der Waals surface area contributed by atoms with Gasteiger partial charge in [0.05, 0.1) is 6.10 Å². The standard InChI is InChI=1S/C11H15NO3S.Li/c1-14-10-6-7-12(8-10)9-2-4-11(5-3-9)16-15-13;/h2-5,10,13H,6-8H2,1H3;/q;+1/p-1/t10-;/m0./s1. The minimum absolute atomic E-state index is 0. The molecule has 0 unspecified atom stereocenters. The number of nitrogens with zero attached hydrogens (tertiary/aromatic N) is 1. The van der Waals surface area contributed by atoms with Crippen LogP contribution >= 0.6 is 12.0 Å². The Labute approximate surface area is 118 Å². The van der Waals surface area contributed by atoms with E-state index in [2.05, 4.69) is 9.23 Å². The van der Waals surface area contributed by atoms with Gasteiger partial charge in [-0.3, -0.25) is 0 Å². The molecule has 1 atom stereocenters. The quantitative estimate of drug-likeness (QED) is 0.272. The molecule has 1 fully saturated rings. The number of rotatable bonds is 4. The zero-order valence-electron chi connectivity index (χ0n) is 10.1. The first-order chi connectivity index (χ1) is 7.83. The average Bonchev–Trinajstić information content (AvgIpc) is 2.79. The van der Waals surface area contributed by atoms with Gasteiger partial charge in [0.2, 0.25) is 0 Å². The van der Waals surface area contributed by atoms with E-state index in [1.54, 1.807) is 7.11 Å². The summed E-state index contributed by atoms with van der Waals surface area (Å²) in [4.78, 5) is 3.10. The van der Waals surface area contributed by atoms with Gasteiger partial charge in [-0.1, -0.05) is 0 Å². The van der Waals surface area contributed by atoms with Crippen LogP contribution in [0.4, 0.5) is 5.69 Å². The summed E-state index contributed by atoms with van der Waals surface area (Å²) >= 11 is 0.833. The van der Waals surface area contributed by atoms with Crippen LogP contribution < -0.4 is 29.0 Å². The van der Waals surface area contributed by atoms with E-state index in [0.717, 1.165) is 42.1 Å². The van der Waals surface area contributed by atoms with Crippen LogP contribution in [0.25, 0.3) is 0 Å². The topological polar surface area (TPSA) is 44.8 Å². The summed E-state index contributed by atoms with van der Waals surface area (Å²) in [6.45, 7) is 1.95. The normalized spacial score (nSPS) is 19.2. The maximum atomic E-state index is 9.96. The van der Waals surface area contributed by atoms with Crippen LogP contribution in [0.15, 0.2) is 29.2 Å². The summed E-state index contributed by atoms with van der Waals surface area (Å²) in [5, 5.41) is 9.96. The van der Waals surface area contributed by atoms with Crippen molar-refractivity contribution in [1.29, 1.82) is 0 Å². The summed E-state index contributed by atoms with van der Waals surface area (Å²) in [6, 6.07) is 7.77. The predicted octanol–water partition coefficient (Wildman–Crippen LogP) is -1.79. The van der Waals surface area contributed by atoms with Crippen molar-refractivity contribution in [2.75, 3.05) is 25.1 Å². The molecule has 1 heterocycles. The molecule has 88 valence electrons. The van der Waals surface area contributed by atoms with Gasteiger partial charge in [0, 0.05) is 42.8 Å². The Bertz CT molecular complexity index is 336. The molecule has 1 aromatic rings. The monoisotopic (exact) mass is 247 g/mol. The first-order valence-corrected chi connectivity index (χ1v) is 5.92. The molecule has 0 aromatic heterocycles.